The number of nitrogens with zero attached hydrogens (tertiary/aromatic N) is 2. The van der Waals surface area contributed by atoms with Gasteiger partial charge < -0.3 is 9.84 Å². The lowest BCUT2D eigenvalue weighted by Gasteiger charge is -2.07. The molecule has 2 aromatic rings. The Bertz CT molecular complexity index is 499. The van der Waals surface area contributed by atoms with E-state index in [1.54, 1.807) is 0 Å². The third-order valence-electron chi connectivity index (χ3n) is 2.78. The zero-order valence-corrected chi connectivity index (χ0v) is 12.5. The lowest BCUT2D eigenvalue weighted by atomic mass is 10.2. The molecule has 0 saturated carbocycles. The van der Waals surface area contributed by atoms with Gasteiger partial charge >= 0.3 is 0 Å². The average molecular weight is 302 g/mol. The van der Waals surface area contributed by atoms with Crippen LogP contribution in [0.3, 0.4) is 0 Å². The fourth-order valence-corrected chi connectivity index (χ4v) is 1.57. The third kappa shape index (κ3) is 4.49. The summed E-state index contributed by atoms with van der Waals surface area (Å²) >= 11 is 5.83. The molecule has 0 saturated heterocycles. The van der Waals surface area contributed by atoms with Gasteiger partial charge in [-0.15, -0.1) is 12.4 Å². The van der Waals surface area contributed by atoms with Crippen molar-refractivity contribution in [1.29, 1.82) is 0 Å². The van der Waals surface area contributed by atoms with E-state index in [1.165, 1.54) is 0 Å². The first-order chi connectivity index (χ1) is 8.69. The van der Waals surface area contributed by atoms with Crippen molar-refractivity contribution in [3.63, 3.8) is 0 Å². The number of hydrogen-bond donors (Lipinski definition) is 1. The summed E-state index contributed by atoms with van der Waals surface area (Å²) in [5, 5.41) is 7.95. The van der Waals surface area contributed by atoms with Crippen LogP contribution < -0.4 is 5.32 Å². The van der Waals surface area contributed by atoms with Gasteiger partial charge in [0.05, 0.1) is 6.54 Å². The smallest absolute Gasteiger partial charge is 0.240 e. The van der Waals surface area contributed by atoms with Crippen LogP contribution in [-0.2, 0) is 6.54 Å². The monoisotopic (exact) mass is 301 g/mol. The standard InChI is InChI=1S/C13H16ClN3O.ClH/c1-3-9(2)15-8-12-16-13(17-18-12)10-4-6-11(14)7-5-10;/h4-7,9,15H,3,8H2,1-2H3;1H. The van der Waals surface area contributed by atoms with Gasteiger partial charge in [-0.2, -0.15) is 4.98 Å². The maximum atomic E-state index is 5.83. The molecule has 1 N–H and O–H groups in total. The summed E-state index contributed by atoms with van der Waals surface area (Å²) in [4.78, 5) is 4.33. The van der Waals surface area contributed by atoms with E-state index in [2.05, 4.69) is 29.3 Å². The molecule has 0 aliphatic rings. The molecule has 1 atom stereocenters. The van der Waals surface area contributed by atoms with Gasteiger partial charge in [0.1, 0.15) is 0 Å². The van der Waals surface area contributed by atoms with E-state index in [0.29, 0.717) is 29.3 Å². The van der Waals surface area contributed by atoms with Crippen molar-refractivity contribution in [3.05, 3.63) is 35.2 Å². The molecular weight excluding hydrogens is 285 g/mol. The first-order valence-corrected chi connectivity index (χ1v) is 6.38. The quantitative estimate of drug-likeness (QED) is 0.915. The second-order valence-corrected chi connectivity index (χ2v) is 4.65. The minimum atomic E-state index is 0. The number of benzene rings is 1. The second kappa shape index (κ2) is 7.48. The highest BCUT2D eigenvalue weighted by atomic mass is 35.5. The van der Waals surface area contributed by atoms with Crippen LogP contribution in [0, 0.1) is 0 Å². The van der Waals surface area contributed by atoms with Gasteiger partial charge in [-0.1, -0.05) is 23.7 Å². The third-order valence-corrected chi connectivity index (χ3v) is 3.04. The SMILES string of the molecule is CCC(C)NCc1nc(-c2ccc(Cl)cc2)no1.Cl. The van der Waals surface area contributed by atoms with Crippen molar-refractivity contribution in [2.45, 2.75) is 32.9 Å². The van der Waals surface area contributed by atoms with Crippen LogP contribution >= 0.6 is 24.0 Å². The number of nitrogens with one attached hydrogen (secondary N) is 1. The van der Waals surface area contributed by atoms with Crippen molar-refractivity contribution in [2.24, 2.45) is 0 Å². The Labute approximate surface area is 124 Å². The van der Waals surface area contributed by atoms with Crippen LogP contribution in [0.15, 0.2) is 28.8 Å². The first-order valence-electron chi connectivity index (χ1n) is 6.01. The Kier molecular flexibility index (Phi) is 6.28. The predicted octanol–water partition coefficient (Wildman–Crippen LogP) is 3.70. The molecule has 0 amide bonds. The Hall–Kier alpha value is -1.10. The highest BCUT2D eigenvalue weighted by Crippen LogP contribution is 2.18. The maximum Gasteiger partial charge on any atom is 0.240 e. The van der Waals surface area contributed by atoms with Gasteiger partial charge in [0.15, 0.2) is 0 Å². The predicted molar refractivity (Wildman–Crippen MR) is 78.6 cm³/mol. The maximum absolute atomic E-state index is 5.83. The fraction of sp³-hybridized carbons (Fsp3) is 0.385. The van der Waals surface area contributed by atoms with Crippen molar-refractivity contribution in [3.8, 4) is 11.4 Å². The molecule has 1 heterocycles. The summed E-state index contributed by atoms with van der Waals surface area (Å²) in [6, 6.07) is 7.81. The Morgan fingerprint density at radius 3 is 2.63 bits per heavy atom. The van der Waals surface area contributed by atoms with E-state index in [9.17, 15) is 0 Å². The molecule has 4 nitrogen and oxygen atoms in total. The summed E-state index contributed by atoms with van der Waals surface area (Å²) in [5.41, 5.74) is 0.901. The Balaban J connectivity index is 0.00000180. The molecule has 0 spiro atoms. The molecule has 0 aliphatic carbocycles. The molecule has 0 fully saturated rings. The normalized spacial score (nSPS) is 11.9. The molecular formula is C13H17Cl2N3O. The van der Waals surface area contributed by atoms with Gasteiger partial charge in [-0.05, 0) is 37.6 Å². The number of hydrogen-bond acceptors (Lipinski definition) is 4. The van der Waals surface area contributed by atoms with Crippen molar-refractivity contribution >= 4 is 24.0 Å². The van der Waals surface area contributed by atoms with Crippen LogP contribution in [-0.4, -0.2) is 16.2 Å². The Morgan fingerprint density at radius 1 is 1.32 bits per heavy atom. The van der Waals surface area contributed by atoms with Crippen molar-refractivity contribution in [2.75, 3.05) is 0 Å². The van der Waals surface area contributed by atoms with E-state index in [4.69, 9.17) is 16.1 Å². The molecule has 1 unspecified atom stereocenters. The van der Waals surface area contributed by atoms with Crippen molar-refractivity contribution < 1.29 is 4.52 Å². The summed E-state index contributed by atoms with van der Waals surface area (Å²) in [7, 11) is 0. The summed E-state index contributed by atoms with van der Waals surface area (Å²) in [6.07, 6.45) is 1.07. The van der Waals surface area contributed by atoms with Gasteiger partial charge in [-0.25, -0.2) is 0 Å². The molecule has 6 heteroatoms. The summed E-state index contributed by atoms with van der Waals surface area (Å²) in [6.45, 7) is 4.84. The van der Waals surface area contributed by atoms with E-state index in [-0.39, 0.29) is 12.4 Å². The van der Waals surface area contributed by atoms with Gasteiger partial charge in [0, 0.05) is 16.6 Å². The zero-order valence-electron chi connectivity index (χ0n) is 10.9. The summed E-state index contributed by atoms with van der Waals surface area (Å²) in [5.74, 6) is 1.19. The van der Waals surface area contributed by atoms with Gasteiger partial charge in [-0.3, -0.25) is 0 Å². The fourth-order valence-electron chi connectivity index (χ4n) is 1.45. The highest BCUT2D eigenvalue weighted by Gasteiger charge is 2.09. The lowest BCUT2D eigenvalue weighted by molar-refractivity contribution is 0.358. The van der Waals surface area contributed by atoms with Gasteiger partial charge in [0.2, 0.25) is 11.7 Å². The lowest BCUT2D eigenvalue weighted by Crippen LogP contribution is -2.24. The van der Waals surface area contributed by atoms with Crippen LogP contribution in [0.5, 0.6) is 0 Å². The summed E-state index contributed by atoms with van der Waals surface area (Å²) < 4.78 is 5.19. The minimum Gasteiger partial charge on any atom is -0.338 e. The number of aromatic nitrogens is 2. The molecule has 1 aromatic carbocycles. The second-order valence-electron chi connectivity index (χ2n) is 4.21. The molecule has 0 radical (unpaired) electrons. The van der Waals surface area contributed by atoms with E-state index in [0.717, 1.165) is 12.0 Å². The minimum absolute atomic E-state index is 0. The molecule has 104 valence electrons. The van der Waals surface area contributed by atoms with Crippen molar-refractivity contribution in [1.82, 2.24) is 15.5 Å². The zero-order chi connectivity index (χ0) is 13.0. The van der Waals surface area contributed by atoms with Crippen LogP contribution in [0.2, 0.25) is 5.02 Å². The number of halogens is 2. The largest absolute Gasteiger partial charge is 0.338 e. The molecule has 19 heavy (non-hydrogen) atoms. The van der Waals surface area contributed by atoms with Crippen LogP contribution in [0.25, 0.3) is 11.4 Å². The van der Waals surface area contributed by atoms with E-state index < -0.39 is 0 Å². The van der Waals surface area contributed by atoms with Gasteiger partial charge in [0.25, 0.3) is 0 Å². The number of rotatable bonds is 5. The Morgan fingerprint density at radius 2 is 2.00 bits per heavy atom. The first kappa shape index (κ1) is 16.0. The van der Waals surface area contributed by atoms with Crippen LogP contribution in [0.4, 0.5) is 0 Å². The molecule has 2 rings (SSSR count). The van der Waals surface area contributed by atoms with E-state index >= 15 is 0 Å². The van der Waals surface area contributed by atoms with Crippen LogP contribution in [0.1, 0.15) is 26.2 Å². The highest BCUT2D eigenvalue weighted by molar-refractivity contribution is 6.30. The topological polar surface area (TPSA) is 51.0 Å². The molecule has 0 aliphatic heterocycles. The van der Waals surface area contributed by atoms with E-state index in [1.807, 2.05) is 24.3 Å². The average Bonchev–Trinajstić information content (AvgIpc) is 2.85. The molecule has 0 bridgehead atoms. The molecule has 1 aromatic heterocycles.